The number of halogens is 3. The molecule has 2 N–H and O–H groups in total. The van der Waals surface area contributed by atoms with Crippen LogP contribution in [0.3, 0.4) is 0 Å². The number of ether oxygens (including phenoxy) is 1. The molecule has 2 atom stereocenters. The minimum Gasteiger partial charge on any atom is -0.476 e. The van der Waals surface area contributed by atoms with Crippen molar-refractivity contribution in [1.82, 2.24) is 19.8 Å². The minimum absolute atomic E-state index is 0.0810. The minimum atomic E-state index is -4.64. The number of nitrogens with one attached hydrogen (secondary N) is 1. The number of piperidine rings is 1. The average Bonchev–Trinajstić information content (AvgIpc) is 3.14. The van der Waals surface area contributed by atoms with Gasteiger partial charge in [0.25, 0.3) is 0 Å². The summed E-state index contributed by atoms with van der Waals surface area (Å²) in [5.74, 6) is 2.15. The monoisotopic (exact) mass is 508 g/mol. The van der Waals surface area contributed by atoms with Gasteiger partial charge in [0.2, 0.25) is 0 Å². The molecule has 0 radical (unpaired) electrons. The Bertz CT molecular complexity index is 994. The van der Waals surface area contributed by atoms with Gasteiger partial charge < -0.3 is 24.6 Å². The van der Waals surface area contributed by atoms with E-state index in [9.17, 15) is 18.0 Å². The number of benzene rings is 1. The molecule has 1 aromatic carbocycles. The van der Waals surface area contributed by atoms with E-state index in [2.05, 4.69) is 19.9 Å². The third-order valence-corrected chi connectivity index (χ3v) is 7.45. The van der Waals surface area contributed by atoms with Gasteiger partial charge in [0.15, 0.2) is 5.69 Å². The smallest absolute Gasteiger partial charge is 0.476 e. The first-order valence-electron chi connectivity index (χ1n) is 12.7. The maximum atomic E-state index is 12.3. The second-order valence-electron chi connectivity index (χ2n) is 10.3. The molecule has 2 unspecified atom stereocenters. The molecule has 2 aromatic rings. The van der Waals surface area contributed by atoms with Crippen LogP contribution in [0, 0.1) is 23.7 Å². The number of nitrogens with zero attached hydrogens (tertiary/aromatic N) is 3. The van der Waals surface area contributed by atoms with E-state index < -0.39 is 12.3 Å². The van der Waals surface area contributed by atoms with Crippen LogP contribution in [0.25, 0.3) is 0 Å². The number of hydrogen-bond acceptors (Lipinski definition) is 5. The van der Waals surface area contributed by atoms with Crippen molar-refractivity contribution in [3.05, 3.63) is 48.0 Å². The van der Waals surface area contributed by atoms with Gasteiger partial charge in [-0.2, -0.15) is 0 Å². The van der Waals surface area contributed by atoms with Crippen molar-refractivity contribution in [2.75, 3.05) is 26.2 Å². The molecule has 0 spiro atoms. The summed E-state index contributed by atoms with van der Waals surface area (Å²) in [7, 11) is 1.72. The number of hydrogen-bond donors (Lipinski definition) is 2. The number of likely N-dealkylation sites (tertiary alicyclic amines) is 1. The Morgan fingerprint density at radius 2 is 1.92 bits per heavy atom. The van der Waals surface area contributed by atoms with Gasteiger partial charge >= 0.3 is 12.3 Å². The molecule has 0 bridgehead atoms. The fraction of sp³-hybridized carbons (Fsp3) is 0.615. The van der Waals surface area contributed by atoms with Crippen molar-refractivity contribution in [2.45, 2.75) is 45.0 Å². The second-order valence-corrected chi connectivity index (χ2v) is 10.3. The van der Waals surface area contributed by atoms with Crippen LogP contribution in [0.4, 0.5) is 13.2 Å². The maximum Gasteiger partial charge on any atom is 0.573 e. The lowest BCUT2D eigenvalue weighted by Gasteiger charge is -2.28. The predicted octanol–water partition coefficient (Wildman–Crippen LogP) is 4.55. The van der Waals surface area contributed by atoms with E-state index in [0.717, 1.165) is 35.8 Å². The van der Waals surface area contributed by atoms with Crippen molar-refractivity contribution in [2.24, 2.45) is 30.7 Å². The Hall–Kier alpha value is -2.59. The molecule has 3 aliphatic rings. The number of carboxylic acid groups (broad SMARTS) is 1. The molecule has 5 rings (SSSR count). The molecule has 198 valence electrons. The van der Waals surface area contributed by atoms with Crippen LogP contribution < -0.4 is 10.1 Å². The Labute approximate surface area is 209 Å². The molecule has 7 nitrogen and oxygen atoms in total. The highest BCUT2D eigenvalue weighted by molar-refractivity contribution is 5.84. The lowest BCUT2D eigenvalue weighted by atomic mass is 9.89. The SMILES string of the molecule is Cn1cnc(C(=O)O)c1.FC(F)(F)Oc1cccc(CNCC2C3CN(CC4CCCCC4)CC23)c1. The van der Waals surface area contributed by atoms with Crippen molar-refractivity contribution in [3.63, 3.8) is 0 Å². The Morgan fingerprint density at radius 3 is 2.50 bits per heavy atom. The molecule has 2 heterocycles. The van der Waals surface area contributed by atoms with Crippen LogP contribution in [0.5, 0.6) is 5.75 Å². The zero-order valence-corrected chi connectivity index (χ0v) is 20.6. The number of carbonyl (C=O) groups is 1. The van der Waals surface area contributed by atoms with Crippen molar-refractivity contribution < 1.29 is 27.8 Å². The van der Waals surface area contributed by atoms with E-state index in [1.54, 1.807) is 17.7 Å². The first kappa shape index (κ1) is 26.5. The number of rotatable bonds is 8. The molecule has 10 heteroatoms. The largest absolute Gasteiger partial charge is 0.573 e. The van der Waals surface area contributed by atoms with Gasteiger partial charge in [-0.3, -0.25) is 0 Å². The summed E-state index contributed by atoms with van der Waals surface area (Å²) in [5.41, 5.74) is 0.902. The third-order valence-electron chi connectivity index (χ3n) is 7.45. The summed E-state index contributed by atoms with van der Waals surface area (Å²) < 4.78 is 42.5. The molecule has 2 aliphatic carbocycles. The van der Waals surface area contributed by atoms with Gasteiger partial charge in [0, 0.05) is 39.4 Å². The topological polar surface area (TPSA) is 79.6 Å². The fourth-order valence-electron chi connectivity index (χ4n) is 5.68. The summed E-state index contributed by atoms with van der Waals surface area (Å²) in [6.45, 7) is 5.30. The Kier molecular flexibility index (Phi) is 8.56. The van der Waals surface area contributed by atoms with Gasteiger partial charge in [0.1, 0.15) is 5.75 Å². The van der Waals surface area contributed by atoms with E-state index >= 15 is 0 Å². The van der Waals surface area contributed by atoms with E-state index in [1.807, 2.05) is 6.07 Å². The molecule has 36 heavy (non-hydrogen) atoms. The highest BCUT2D eigenvalue weighted by atomic mass is 19.4. The summed E-state index contributed by atoms with van der Waals surface area (Å²) >= 11 is 0. The molecule has 1 aliphatic heterocycles. The molecule has 1 aromatic heterocycles. The van der Waals surface area contributed by atoms with Crippen LogP contribution in [0.15, 0.2) is 36.8 Å². The lowest BCUT2D eigenvalue weighted by molar-refractivity contribution is -0.274. The summed E-state index contributed by atoms with van der Waals surface area (Å²) in [6, 6.07) is 6.23. The number of fused-ring (bicyclic) bond motifs is 1. The standard InChI is InChI=1S/C21H29F3N2O.C5H6N2O2/c22-21(23,24)27-17-8-4-7-16(9-17)10-25-11-18-19-13-26(14-20(18)19)12-15-5-2-1-3-6-15;1-7-2-4(5(8)9)6-3-7/h4,7-9,15,18-20,25H,1-3,5-6,10-14H2;2-3H,1H3,(H,8,9). The third kappa shape index (κ3) is 7.70. The quantitative estimate of drug-likeness (QED) is 0.545. The molecule has 2 saturated carbocycles. The van der Waals surface area contributed by atoms with Crippen LogP contribution >= 0.6 is 0 Å². The fourth-order valence-corrected chi connectivity index (χ4v) is 5.68. The van der Waals surface area contributed by atoms with Crippen molar-refractivity contribution in [1.29, 1.82) is 0 Å². The first-order chi connectivity index (χ1) is 17.2. The second kappa shape index (κ2) is 11.6. The van der Waals surface area contributed by atoms with Gasteiger partial charge in [-0.25, -0.2) is 9.78 Å². The predicted molar refractivity (Wildman–Crippen MR) is 128 cm³/mol. The summed E-state index contributed by atoms with van der Waals surface area (Å²) in [4.78, 5) is 16.4. The van der Waals surface area contributed by atoms with Crippen LogP contribution in [0.2, 0.25) is 0 Å². The number of alkyl halides is 3. The zero-order chi connectivity index (χ0) is 25.7. The van der Waals surface area contributed by atoms with E-state index in [1.165, 1.54) is 76.4 Å². The number of aryl methyl sites for hydroxylation is 1. The Balaban J connectivity index is 0.000000286. The van der Waals surface area contributed by atoms with E-state index in [0.29, 0.717) is 6.54 Å². The average molecular weight is 509 g/mol. The van der Waals surface area contributed by atoms with Crippen LogP contribution in [-0.2, 0) is 13.6 Å². The van der Waals surface area contributed by atoms with Gasteiger partial charge in [0.05, 0.1) is 6.33 Å². The number of imidazole rings is 1. The van der Waals surface area contributed by atoms with Gasteiger partial charge in [-0.1, -0.05) is 31.4 Å². The van der Waals surface area contributed by atoms with Crippen LogP contribution in [0.1, 0.15) is 48.2 Å². The number of carboxylic acids is 1. The summed E-state index contributed by atoms with van der Waals surface area (Å²) in [6.07, 6.45) is 5.32. The van der Waals surface area contributed by atoms with Crippen LogP contribution in [-0.4, -0.2) is 58.1 Å². The van der Waals surface area contributed by atoms with Gasteiger partial charge in [-0.15, -0.1) is 13.2 Å². The van der Waals surface area contributed by atoms with Gasteiger partial charge in [-0.05, 0) is 60.8 Å². The molecular formula is C26H35F3N4O3. The van der Waals surface area contributed by atoms with Crippen molar-refractivity contribution in [3.8, 4) is 5.75 Å². The first-order valence-corrected chi connectivity index (χ1v) is 12.7. The maximum absolute atomic E-state index is 12.3. The summed E-state index contributed by atoms with van der Waals surface area (Å²) in [5, 5.41) is 11.7. The molecule has 1 saturated heterocycles. The molecule has 0 amide bonds. The number of aromatic carboxylic acids is 1. The molecular weight excluding hydrogens is 473 g/mol. The van der Waals surface area contributed by atoms with E-state index in [-0.39, 0.29) is 11.4 Å². The Morgan fingerprint density at radius 1 is 1.19 bits per heavy atom. The van der Waals surface area contributed by atoms with Crippen molar-refractivity contribution >= 4 is 5.97 Å². The zero-order valence-electron chi connectivity index (χ0n) is 20.6. The highest BCUT2D eigenvalue weighted by Gasteiger charge is 2.54. The highest BCUT2D eigenvalue weighted by Crippen LogP contribution is 2.51. The number of aromatic nitrogens is 2. The molecule has 3 fully saturated rings. The van der Waals surface area contributed by atoms with E-state index in [4.69, 9.17) is 5.11 Å². The lowest BCUT2D eigenvalue weighted by Crippen LogP contribution is -2.32. The normalized spacial score (nSPS) is 24.1.